The minimum atomic E-state index is 0.341. The first-order valence-corrected chi connectivity index (χ1v) is 6.14. The van der Waals surface area contributed by atoms with Crippen molar-refractivity contribution in [3.63, 3.8) is 0 Å². The Kier molecular flexibility index (Phi) is 7.83. The highest BCUT2D eigenvalue weighted by Crippen LogP contribution is 2.17. The number of unbranched alkanes of at least 4 members (excludes halogenated alkanes) is 1. The van der Waals surface area contributed by atoms with Gasteiger partial charge in [0.05, 0.1) is 0 Å². The van der Waals surface area contributed by atoms with Crippen LogP contribution < -0.4 is 0 Å². The Bertz CT molecular complexity index is 149. The van der Waals surface area contributed by atoms with Crippen molar-refractivity contribution >= 4 is 5.78 Å². The Morgan fingerprint density at radius 3 is 2.21 bits per heavy atom. The van der Waals surface area contributed by atoms with Gasteiger partial charge in [0, 0.05) is 12.3 Å². The third-order valence-corrected chi connectivity index (χ3v) is 2.82. The van der Waals surface area contributed by atoms with Gasteiger partial charge in [-0.3, -0.25) is 4.79 Å². The van der Waals surface area contributed by atoms with Crippen LogP contribution in [0.4, 0.5) is 0 Å². The van der Waals surface area contributed by atoms with Crippen LogP contribution in [0, 0.1) is 11.8 Å². The number of hydrogen-bond acceptors (Lipinski definition) is 1. The van der Waals surface area contributed by atoms with E-state index >= 15 is 0 Å². The van der Waals surface area contributed by atoms with Gasteiger partial charge in [-0.25, -0.2) is 0 Å². The van der Waals surface area contributed by atoms with Gasteiger partial charge in [0.1, 0.15) is 5.78 Å². The summed E-state index contributed by atoms with van der Waals surface area (Å²) in [7, 11) is 0. The Hall–Kier alpha value is -0.330. The first kappa shape index (κ1) is 13.7. The fourth-order valence-electron chi connectivity index (χ4n) is 1.68. The smallest absolute Gasteiger partial charge is 0.135 e. The molecule has 0 aromatic carbocycles. The van der Waals surface area contributed by atoms with Crippen LogP contribution in [0.2, 0.25) is 0 Å². The molecule has 1 unspecified atom stereocenters. The van der Waals surface area contributed by atoms with Gasteiger partial charge in [0.15, 0.2) is 0 Å². The molecule has 0 aliphatic carbocycles. The predicted molar refractivity (Wildman–Crippen MR) is 62.4 cm³/mol. The zero-order chi connectivity index (χ0) is 11.0. The third-order valence-electron chi connectivity index (χ3n) is 2.82. The molecule has 1 atom stereocenters. The second kappa shape index (κ2) is 8.02. The Labute approximate surface area is 89.3 Å². The van der Waals surface area contributed by atoms with Crippen LogP contribution in [0.5, 0.6) is 0 Å². The Balaban J connectivity index is 3.79. The second-order valence-corrected chi connectivity index (χ2v) is 4.65. The molecule has 1 heteroatoms. The quantitative estimate of drug-likeness (QED) is 0.571. The average molecular weight is 198 g/mol. The number of carbonyl (C=O) groups excluding carboxylic acids is 1. The maximum Gasteiger partial charge on any atom is 0.135 e. The van der Waals surface area contributed by atoms with Crippen LogP contribution in [0.3, 0.4) is 0 Å². The maximum absolute atomic E-state index is 11.8. The molecule has 0 saturated heterocycles. The lowest BCUT2D eigenvalue weighted by Gasteiger charge is -2.13. The Morgan fingerprint density at radius 1 is 1.14 bits per heavy atom. The van der Waals surface area contributed by atoms with Gasteiger partial charge in [0.2, 0.25) is 0 Å². The maximum atomic E-state index is 11.8. The van der Waals surface area contributed by atoms with Crippen LogP contribution in [-0.4, -0.2) is 5.78 Å². The zero-order valence-electron chi connectivity index (χ0n) is 10.3. The minimum Gasteiger partial charge on any atom is -0.299 e. The molecule has 0 fully saturated rings. The summed E-state index contributed by atoms with van der Waals surface area (Å²) >= 11 is 0. The molecular formula is C13H26O. The van der Waals surface area contributed by atoms with Crippen LogP contribution in [0.15, 0.2) is 0 Å². The van der Waals surface area contributed by atoms with Crippen molar-refractivity contribution in [1.82, 2.24) is 0 Å². The third kappa shape index (κ3) is 6.17. The van der Waals surface area contributed by atoms with Gasteiger partial charge in [-0.2, -0.15) is 0 Å². The summed E-state index contributed by atoms with van der Waals surface area (Å²) in [4.78, 5) is 11.8. The van der Waals surface area contributed by atoms with Crippen LogP contribution in [-0.2, 0) is 4.79 Å². The second-order valence-electron chi connectivity index (χ2n) is 4.65. The predicted octanol–water partition coefficient (Wildman–Crippen LogP) is 4.21. The minimum absolute atomic E-state index is 0.341. The highest BCUT2D eigenvalue weighted by Gasteiger charge is 2.15. The van der Waals surface area contributed by atoms with Crippen molar-refractivity contribution in [3.8, 4) is 0 Å². The number of rotatable bonds is 8. The Morgan fingerprint density at radius 2 is 1.79 bits per heavy atom. The monoisotopic (exact) mass is 198 g/mol. The molecule has 0 saturated carbocycles. The summed E-state index contributed by atoms with van der Waals surface area (Å²) in [6.07, 6.45) is 6.38. The van der Waals surface area contributed by atoms with Crippen molar-refractivity contribution in [1.29, 1.82) is 0 Å². The molecule has 0 bridgehead atoms. The molecule has 0 aromatic heterocycles. The van der Waals surface area contributed by atoms with Gasteiger partial charge >= 0.3 is 0 Å². The number of hydrogen-bond donors (Lipinski definition) is 0. The summed E-state index contributed by atoms with van der Waals surface area (Å²) < 4.78 is 0. The zero-order valence-corrected chi connectivity index (χ0v) is 10.3. The molecule has 0 aromatic rings. The highest BCUT2D eigenvalue weighted by atomic mass is 16.1. The summed E-state index contributed by atoms with van der Waals surface area (Å²) in [6, 6.07) is 0. The van der Waals surface area contributed by atoms with E-state index in [1.54, 1.807) is 0 Å². The van der Waals surface area contributed by atoms with E-state index in [0.717, 1.165) is 25.7 Å². The molecule has 0 aliphatic rings. The highest BCUT2D eigenvalue weighted by molar-refractivity contribution is 5.80. The number of carbonyl (C=O) groups is 1. The first-order chi connectivity index (χ1) is 6.61. The van der Waals surface area contributed by atoms with Crippen LogP contribution in [0.1, 0.15) is 66.2 Å². The lowest BCUT2D eigenvalue weighted by atomic mass is 9.91. The van der Waals surface area contributed by atoms with E-state index in [0.29, 0.717) is 17.6 Å². The molecule has 84 valence electrons. The van der Waals surface area contributed by atoms with E-state index in [1.807, 2.05) is 0 Å². The average Bonchev–Trinajstić information content (AvgIpc) is 2.16. The molecule has 0 heterocycles. The normalized spacial score (nSPS) is 13.2. The molecular weight excluding hydrogens is 172 g/mol. The van der Waals surface area contributed by atoms with Gasteiger partial charge < -0.3 is 0 Å². The van der Waals surface area contributed by atoms with Crippen LogP contribution >= 0.6 is 0 Å². The summed E-state index contributed by atoms with van der Waals surface area (Å²) in [6.45, 7) is 8.68. The molecule has 0 aliphatic heterocycles. The number of Topliss-reactive ketones (excluding diaryl/α,β-unsaturated/α-hetero) is 1. The van der Waals surface area contributed by atoms with E-state index in [1.165, 1.54) is 12.8 Å². The molecule has 1 nitrogen and oxygen atoms in total. The topological polar surface area (TPSA) is 17.1 Å². The van der Waals surface area contributed by atoms with E-state index in [-0.39, 0.29) is 0 Å². The van der Waals surface area contributed by atoms with E-state index in [2.05, 4.69) is 27.7 Å². The van der Waals surface area contributed by atoms with Crippen molar-refractivity contribution < 1.29 is 4.79 Å². The van der Waals surface area contributed by atoms with Gasteiger partial charge in [0.25, 0.3) is 0 Å². The molecule has 0 amide bonds. The molecule has 0 spiro atoms. The standard InChI is InChI=1S/C13H26O/c1-5-7-8-12(6-2)13(14)10-9-11(3)4/h11-12H,5-10H2,1-4H3. The molecule has 0 radical (unpaired) electrons. The van der Waals surface area contributed by atoms with Gasteiger partial charge in [-0.15, -0.1) is 0 Å². The van der Waals surface area contributed by atoms with Crippen molar-refractivity contribution in [3.05, 3.63) is 0 Å². The summed E-state index contributed by atoms with van der Waals surface area (Å²) in [5.41, 5.74) is 0. The number of ketones is 1. The molecule has 0 N–H and O–H groups in total. The van der Waals surface area contributed by atoms with E-state index < -0.39 is 0 Å². The molecule has 0 rings (SSSR count). The largest absolute Gasteiger partial charge is 0.299 e. The SMILES string of the molecule is CCCCC(CC)C(=O)CCC(C)C. The molecule has 14 heavy (non-hydrogen) atoms. The van der Waals surface area contributed by atoms with Gasteiger partial charge in [-0.05, 0) is 25.2 Å². The summed E-state index contributed by atoms with van der Waals surface area (Å²) in [5.74, 6) is 1.49. The first-order valence-electron chi connectivity index (χ1n) is 6.14. The van der Waals surface area contributed by atoms with Crippen molar-refractivity contribution in [2.75, 3.05) is 0 Å². The fourth-order valence-corrected chi connectivity index (χ4v) is 1.68. The fraction of sp³-hybridized carbons (Fsp3) is 0.923. The lowest BCUT2D eigenvalue weighted by molar-refractivity contribution is -0.123. The van der Waals surface area contributed by atoms with Crippen molar-refractivity contribution in [2.24, 2.45) is 11.8 Å². The van der Waals surface area contributed by atoms with Crippen molar-refractivity contribution in [2.45, 2.75) is 66.2 Å². The van der Waals surface area contributed by atoms with Crippen LogP contribution in [0.25, 0.3) is 0 Å². The van der Waals surface area contributed by atoms with E-state index in [9.17, 15) is 4.79 Å². The summed E-state index contributed by atoms with van der Waals surface area (Å²) in [5, 5.41) is 0. The lowest BCUT2D eigenvalue weighted by Crippen LogP contribution is -2.14. The van der Waals surface area contributed by atoms with E-state index in [4.69, 9.17) is 0 Å². The van der Waals surface area contributed by atoms with Gasteiger partial charge in [-0.1, -0.05) is 40.5 Å².